The largest absolute Gasteiger partial charge is 0.365 e. The third kappa shape index (κ3) is 4.43. The van der Waals surface area contributed by atoms with Crippen molar-refractivity contribution in [2.24, 2.45) is 5.16 Å². The molecule has 0 heterocycles. The molecule has 0 unspecified atom stereocenters. The molecular formula is C21H16BrNO2. The molecule has 0 aliphatic rings. The fraction of sp³-hybridized carbons (Fsp3) is 0.0476. The highest BCUT2D eigenvalue weighted by Gasteiger charge is 2.18. The smallest absolute Gasteiger partial charge is 0.312 e. The molecule has 1 atom stereocenters. The molecule has 0 aromatic heterocycles. The first-order valence-corrected chi connectivity index (χ1v) is 8.76. The fourth-order valence-corrected chi connectivity index (χ4v) is 3.00. The summed E-state index contributed by atoms with van der Waals surface area (Å²) in [6.07, 6.45) is 0. The first-order chi connectivity index (χ1) is 12.3. The van der Waals surface area contributed by atoms with Gasteiger partial charge in [0.05, 0.1) is 10.4 Å². The van der Waals surface area contributed by atoms with Crippen LogP contribution in [0.4, 0.5) is 0 Å². The van der Waals surface area contributed by atoms with E-state index in [1.54, 1.807) is 24.3 Å². The third-order valence-electron chi connectivity index (χ3n) is 3.64. The van der Waals surface area contributed by atoms with Crippen LogP contribution in [0.1, 0.15) is 26.3 Å². The standard InChI is InChI=1S/C21H16BrNO2/c22-19(16-10-4-1-5-11-16)20(17-12-6-2-7-13-17)23-25-21(24)18-14-8-3-9-15-18/h1-15,19H/b23-20+/t19-/m1/s1. The van der Waals surface area contributed by atoms with Gasteiger partial charge in [-0.15, -0.1) is 0 Å². The van der Waals surface area contributed by atoms with E-state index in [4.69, 9.17) is 4.84 Å². The molecular weight excluding hydrogens is 378 g/mol. The average molecular weight is 394 g/mol. The number of rotatable bonds is 5. The predicted octanol–water partition coefficient (Wildman–Crippen LogP) is 5.38. The SMILES string of the molecule is O=C(O/N=C(\c1ccccc1)[C@H](Br)c1ccccc1)c1ccccc1. The Labute approximate surface area is 155 Å². The lowest BCUT2D eigenvalue weighted by Gasteiger charge is -2.13. The van der Waals surface area contributed by atoms with Gasteiger partial charge in [-0.25, -0.2) is 4.79 Å². The van der Waals surface area contributed by atoms with Gasteiger partial charge in [0, 0.05) is 5.56 Å². The molecule has 0 aliphatic carbocycles. The van der Waals surface area contributed by atoms with Gasteiger partial charge in [0.2, 0.25) is 0 Å². The second-order valence-corrected chi connectivity index (χ2v) is 6.28. The molecule has 3 aromatic rings. The Morgan fingerprint density at radius 2 is 1.24 bits per heavy atom. The van der Waals surface area contributed by atoms with Crippen LogP contribution >= 0.6 is 15.9 Å². The topological polar surface area (TPSA) is 38.7 Å². The maximum Gasteiger partial charge on any atom is 0.365 e. The molecule has 0 saturated heterocycles. The Balaban J connectivity index is 1.90. The highest BCUT2D eigenvalue weighted by molar-refractivity contribution is 9.09. The van der Waals surface area contributed by atoms with Crippen molar-refractivity contribution in [1.29, 1.82) is 0 Å². The first-order valence-electron chi connectivity index (χ1n) is 7.84. The lowest BCUT2D eigenvalue weighted by molar-refractivity contribution is 0.0516. The number of carbonyl (C=O) groups excluding carboxylic acids is 1. The molecule has 0 radical (unpaired) electrons. The van der Waals surface area contributed by atoms with Crippen molar-refractivity contribution in [2.75, 3.05) is 0 Å². The number of oxime groups is 1. The van der Waals surface area contributed by atoms with Crippen LogP contribution < -0.4 is 0 Å². The van der Waals surface area contributed by atoms with E-state index in [1.165, 1.54) is 0 Å². The van der Waals surface area contributed by atoms with Crippen molar-refractivity contribution in [3.8, 4) is 0 Å². The van der Waals surface area contributed by atoms with Crippen LogP contribution in [0.15, 0.2) is 96.2 Å². The summed E-state index contributed by atoms with van der Waals surface area (Å²) in [4.78, 5) is 17.2. The van der Waals surface area contributed by atoms with Crippen LogP contribution in [0, 0.1) is 0 Å². The van der Waals surface area contributed by atoms with E-state index < -0.39 is 5.97 Å². The predicted molar refractivity (Wildman–Crippen MR) is 103 cm³/mol. The number of benzene rings is 3. The highest BCUT2D eigenvalue weighted by atomic mass is 79.9. The zero-order valence-corrected chi connectivity index (χ0v) is 15.0. The fourth-order valence-electron chi connectivity index (χ4n) is 2.35. The van der Waals surface area contributed by atoms with Crippen molar-refractivity contribution in [2.45, 2.75) is 4.83 Å². The third-order valence-corrected chi connectivity index (χ3v) is 4.60. The number of halogens is 1. The molecule has 0 saturated carbocycles. The zero-order chi connectivity index (χ0) is 17.5. The van der Waals surface area contributed by atoms with Crippen LogP contribution in [0.25, 0.3) is 0 Å². The average Bonchev–Trinajstić information content (AvgIpc) is 2.70. The molecule has 0 fully saturated rings. The Morgan fingerprint density at radius 1 is 0.760 bits per heavy atom. The van der Waals surface area contributed by atoms with E-state index in [0.717, 1.165) is 11.1 Å². The molecule has 25 heavy (non-hydrogen) atoms. The summed E-state index contributed by atoms with van der Waals surface area (Å²) in [6, 6.07) is 28.3. The van der Waals surface area contributed by atoms with E-state index in [2.05, 4.69) is 21.1 Å². The van der Waals surface area contributed by atoms with Crippen molar-refractivity contribution in [3.05, 3.63) is 108 Å². The van der Waals surface area contributed by atoms with Gasteiger partial charge >= 0.3 is 5.97 Å². The van der Waals surface area contributed by atoms with Gasteiger partial charge in [0.15, 0.2) is 0 Å². The van der Waals surface area contributed by atoms with Crippen LogP contribution in [0.5, 0.6) is 0 Å². The summed E-state index contributed by atoms with van der Waals surface area (Å²) >= 11 is 3.67. The number of carbonyl (C=O) groups is 1. The summed E-state index contributed by atoms with van der Waals surface area (Å²) in [5.41, 5.74) is 3.01. The van der Waals surface area contributed by atoms with Gasteiger partial charge in [0.1, 0.15) is 5.71 Å². The molecule has 124 valence electrons. The Kier molecular flexibility index (Phi) is 5.75. The first kappa shape index (κ1) is 17.1. The van der Waals surface area contributed by atoms with E-state index in [9.17, 15) is 4.79 Å². The maximum absolute atomic E-state index is 12.2. The van der Waals surface area contributed by atoms with Gasteiger partial charge in [-0.1, -0.05) is 99.9 Å². The van der Waals surface area contributed by atoms with Crippen molar-refractivity contribution in [1.82, 2.24) is 0 Å². The van der Waals surface area contributed by atoms with Gasteiger partial charge in [0.25, 0.3) is 0 Å². The molecule has 0 amide bonds. The molecule has 3 nitrogen and oxygen atoms in total. The zero-order valence-electron chi connectivity index (χ0n) is 13.4. The lowest BCUT2D eigenvalue weighted by Crippen LogP contribution is -2.11. The maximum atomic E-state index is 12.2. The van der Waals surface area contributed by atoms with Crippen LogP contribution in [-0.2, 0) is 4.84 Å². The normalized spacial score (nSPS) is 12.4. The van der Waals surface area contributed by atoms with Crippen LogP contribution in [-0.4, -0.2) is 11.7 Å². The van der Waals surface area contributed by atoms with Crippen molar-refractivity contribution in [3.63, 3.8) is 0 Å². The molecule has 0 aliphatic heterocycles. The molecule has 0 bridgehead atoms. The second kappa shape index (κ2) is 8.40. The van der Waals surface area contributed by atoms with Crippen LogP contribution in [0.3, 0.4) is 0 Å². The van der Waals surface area contributed by atoms with E-state index in [0.29, 0.717) is 11.3 Å². The molecule has 0 N–H and O–H groups in total. The van der Waals surface area contributed by atoms with Gasteiger partial charge in [-0.05, 0) is 17.7 Å². The van der Waals surface area contributed by atoms with Crippen molar-refractivity contribution < 1.29 is 9.63 Å². The van der Waals surface area contributed by atoms with Gasteiger partial charge in [-0.2, -0.15) is 0 Å². The van der Waals surface area contributed by atoms with Gasteiger partial charge in [-0.3, -0.25) is 0 Å². The Bertz CT molecular complexity index is 849. The minimum Gasteiger partial charge on any atom is -0.312 e. The minimum absolute atomic E-state index is 0.195. The molecule has 3 aromatic carbocycles. The van der Waals surface area contributed by atoms with E-state index in [-0.39, 0.29) is 4.83 Å². The summed E-state index contributed by atoms with van der Waals surface area (Å²) in [7, 11) is 0. The molecule has 0 spiro atoms. The number of hydrogen-bond acceptors (Lipinski definition) is 3. The van der Waals surface area contributed by atoms with E-state index >= 15 is 0 Å². The number of nitrogens with zero attached hydrogens (tertiary/aromatic N) is 1. The monoisotopic (exact) mass is 393 g/mol. The van der Waals surface area contributed by atoms with Crippen LogP contribution in [0.2, 0.25) is 0 Å². The quantitative estimate of drug-likeness (QED) is 0.252. The molecule has 3 rings (SSSR count). The van der Waals surface area contributed by atoms with Gasteiger partial charge < -0.3 is 4.84 Å². The second-order valence-electron chi connectivity index (χ2n) is 5.36. The van der Waals surface area contributed by atoms with E-state index in [1.807, 2.05) is 66.7 Å². The summed E-state index contributed by atoms with van der Waals surface area (Å²) in [5.74, 6) is -0.484. The Hall–Kier alpha value is -2.72. The molecule has 4 heteroatoms. The number of alkyl halides is 1. The van der Waals surface area contributed by atoms with Crippen molar-refractivity contribution >= 4 is 27.6 Å². The lowest BCUT2D eigenvalue weighted by atomic mass is 10.0. The summed E-state index contributed by atoms with van der Waals surface area (Å²) < 4.78 is 0. The summed E-state index contributed by atoms with van der Waals surface area (Å²) in [5, 5.41) is 4.17. The minimum atomic E-state index is -0.484. The summed E-state index contributed by atoms with van der Waals surface area (Å²) in [6.45, 7) is 0. The number of hydrogen-bond donors (Lipinski definition) is 0. The highest BCUT2D eigenvalue weighted by Crippen LogP contribution is 2.28. The Morgan fingerprint density at radius 3 is 1.80 bits per heavy atom.